The summed E-state index contributed by atoms with van der Waals surface area (Å²) in [6, 6.07) is 30.9. The lowest BCUT2D eigenvalue weighted by Gasteiger charge is -2.33. The smallest absolute Gasteiger partial charge is 0.437 e. The standard InChI is InChI=1S/C39H30F3N5O2S/c1-47(21-20-43)31-14-12-28(36(22-31)48-26-27-8-4-2-5-9-27)13-15-32-16-17-33(50-32)18-19-35-34(25-46)37(29(23-44)24-45)49-38(35,39(40,41)42)30-10-6-3-7-11-30/h2-19,22H,20-21,26,43H2,1H3/b15-13+,19-18+. The molecule has 0 radical (unpaired) electrons. The molecule has 0 saturated carbocycles. The van der Waals surface area contributed by atoms with Gasteiger partial charge in [-0.25, -0.2) is 0 Å². The van der Waals surface area contributed by atoms with Crippen molar-refractivity contribution in [3.05, 3.63) is 146 Å². The van der Waals surface area contributed by atoms with E-state index in [0.717, 1.165) is 21.7 Å². The number of hydrogen-bond acceptors (Lipinski definition) is 8. The third-order valence-electron chi connectivity index (χ3n) is 7.90. The van der Waals surface area contributed by atoms with Gasteiger partial charge in [0, 0.05) is 58.3 Å². The van der Waals surface area contributed by atoms with Crippen molar-refractivity contribution in [1.82, 2.24) is 0 Å². The molecule has 50 heavy (non-hydrogen) atoms. The first-order valence-electron chi connectivity index (χ1n) is 15.3. The summed E-state index contributed by atoms with van der Waals surface area (Å²) in [5, 5.41) is 28.9. The molecule has 11 heteroatoms. The first kappa shape index (κ1) is 35.3. The molecule has 250 valence electrons. The normalized spacial score (nSPS) is 15.8. The molecule has 3 aromatic carbocycles. The van der Waals surface area contributed by atoms with E-state index in [1.165, 1.54) is 47.8 Å². The molecule has 5 rings (SSSR count). The molecule has 0 aliphatic carbocycles. The number of benzene rings is 3. The number of nitrogens with two attached hydrogens (primary N) is 1. The minimum Gasteiger partial charge on any atom is -0.488 e. The van der Waals surface area contributed by atoms with Gasteiger partial charge >= 0.3 is 6.18 Å². The van der Waals surface area contributed by atoms with E-state index in [9.17, 15) is 15.8 Å². The van der Waals surface area contributed by atoms with Gasteiger partial charge in [0.2, 0.25) is 0 Å². The Labute approximate surface area is 292 Å². The van der Waals surface area contributed by atoms with Crippen molar-refractivity contribution in [3.63, 3.8) is 0 Å². The average molecular weight is 690 g/mol. The molecule has 0 fully saturated rings. The van der Waals surface area contributed by atoms with Gasteiger partial charge in [-0.05, 0) is 48.1 Å². The molecule has 4 aromatic rings. The summed E-state index contributed by atoms with van der Waals surface area (Å²) >= 11 is 1.31. The highest BCUT2D eigenvalue weighted by atomic mass is 32.1. The van der Waals surface area contributed by atoms with Crippen LogP contribution in [0.4, 0.5) is 18.9 Å². The molecule has 0 saturated heterocycles. The Morgan fingerprint density at radius 1 is 0.900 bits per heavy atom. The minimum atomic E-state index is -5.06. The molecule has 0 amide bonds. The number of likely N-dealkylation sites (N-methyl/N-ethyl adjacent to an activating group) is 1. The van der Waals surface area contributed by atoms with Gasteiger partial charge in [-0.1, -0.05) is 66.7 Å². The molecule has 2 heterocycles. The summed E-state index contributed by atoms with van der Waals surface area (Å²) in [6.07, 6.45) is 1.35. The van der Waals surface area contributed by atoms with E-state index in [4.69, 9.17) is 15.2 Å². The lowest BCUT2D eigenvalue weighted by molar-refractivity contribution is -0.249. The maximum atomic E-state index is 15.1. The van der Waals surface area contributed by atoms with Crippen LogP contribution >= 0.6 is 11.3 Å². The van der Waals surface area contributed by atoms with Gasteiger partial charge in [0.05, 0.1) is 0 Å². The van der Waals surface area contributed by atoms with Crippen molar-refractivity contribution in [3.8, 4) is 24.0 Å². The summed E-state index contributed by atoms with van der Waals surface area (Å²) in [6.45, 7) is 1.54. The quantitative estimate of drug-likeness (QED) is 0.157. The highest BCUT2D eigenvalue weighted by Gasteiger charge is 2.65. The van der Waals surface area contributed by atoms with Gasteiger partial charge in [0.1, 0.15) is 36.1 Å². The zero-order valence-electron chi connectivity index (χ0n) is 26.8. The van der Waals surface area contributed by atoms with E-state index < -0.39 is 34.3 Å². The van der Waals surface area contributed by atoms with Gasteiger partial charge in [0.15, 0.2) is 11.3 Å². The van der Waals surface area contributed by atoms with Crippen LogP contribution < -0.4 is 15.4 Å². The summed E-state index contributed by atoms with van der Waals surface area (Å²) < 4.78 is 56.9. The Kier molecular flexibility index (Phi) is 10.9. The van der Waals surface area contributed by atoms with Gasteiger partial charge in [-0.2, -0.15) is 29.0 Å². The number of ether oxygens (including phenoxy) is 2. The lowest BCUT2D eigenvalue weighted by atomic mass is 9.84. The maximum Gasteiger partial charge on any atom is 0.437 e. The van der Waals surface area contributed by atoms with Crippen LogP contribution in [0.15, 0.2) is 120 Å². The molecule has 1 unspecified atom stereocenters. The Hall–Kier alpha value is -6.06. The molecule has 1 atom stereocenters. The summed E-state index contributed by atoms with van der Waals surface area (Å²) in [5.74, 6) is -0.0404. The van der Waals surface area contributed by atoms with E-state index in [0.29, 0.717) is 30.3 Å². The van der Waals surface area contributed by atoms with Crippen LogP contribution in [0.5, 0.6) is 5.75 Å². The van der Waals surface area contributed by atoms with Crippen LogP contribution in [0, 0.1) is 34.0 Å². The van der Waals surface area contributed by atoms with E-state index in [1.54, 1.807) is 30.3 Å². The van der Waals surface area contributed by atoms with Crippen molar-refractivity contribution in [2.24, 2.45) is 5.73 Å². The van der Waals surface area contributed by atoms with Gasteiger partial charge in [-0.3, -0.25) is 0 Å². The predicted octanol–water partition coefficient (Wildman–Crippen LogP) is 8.52. The molecule has 1 aliphatic heterocycles. The number of anilines is 1. The zero-order chi connectivity index (χ0) is 35.7. The number of rotatable bonds is 11. The maximum absolute atomic E-state index is 15.1. The largest absolute Gasteiger partial charge is 0.488 e. The Morgan fingerprint density at radius 2 is 1.54 bits per heavy atom. The zero-order valence-corrected chi connectivity index (χ0v) is 27.6. The Bertz CT molecular complexity index is 2080. The predicted molar refractivity (Wildman–Crippen MR) is 188 cm³/mol. The lowest BCUT2D eigenvalue weighted by Crippen LogP contribution is -2.43. The molecule has 0 spiro atoms. The second-order valence-corrected chi connectivity index (χ2v) is 12.2. The third kappa shape index (κ3) is 7.33. The Morgan fingerprint density at radius 3 is 2.14 bits per heavy atom. The van der Waals surface area contributed by atoms with Crippen molar-refractivity contribution in [2.75, 3.05) is 25.0 Å². The van der Waals surface area contributed by atoms with E-state index >= 15 is 13.2 Å². The second-order valence-electron chi connectivity index (χ2n) is 11.1. The fraction of sp³-hybridized carbons (Fsp3) is 0.154. The van der Waals surface area contributed by atoms with E-state index in [1.807, 2.05) is 78.7 Å². The number of halogens is 3. The average Bonchev–Trinajstić information content (AvgIpc) is 3.73. The summed E-state index contributed by atoms with van der Waals surface area (Å²) in [5.41, 5.74) is 3.32. The van der Waals surface area contributed by atoms with Crippen LogP contribution in [-0.2, 0) is 16.9 Å². The van der Waals surface area contributed by atoms with Crippen LogP contribution in [0.25, 0.3) is 18.2 Å². The number of allylic oxidation sites excluding steroid dienone is 2. The Balaban J connectivity index is 1.49. The number of hydrogen-bond donors (Lipinski definition) is 1. The highest BCUT2D eigenvalue weighted by molar-refractivity contribution is 7.13. The SMILES string of the molecule is CN(CCN)c1ccc(/C=C/c2ccc(/C=C/C3=C(C#N)C(=C(C#N)C#N)OC3(c3ccccc3)C(F)(F)F)s2)c(OCc2ccccc2)c1. The van der Waals surface area contributed by atoms with Crippen molar-refractivity contribution >= 4 is 35.3 Å². The monoisotopic (exact) mass is 689 g/mol. The molecule has 0 bridgehead atoms. The van der Waals surface area contributed by atoms with Gasteiger partial charge in [-0.15, -0.1) is 11.3 Å². The molecular formula is C39H30F3N5O2S. The van der Waals surface area contributed by atoms with E-state index in [2.05, 4.69) is 0 Å². The number of nitriles is 3. The highest BCUT2D eigenvalue weighted by Crippen LogP contribution is 2.56. The van der Waals surface area contributed by atoms with Gasteiger partial charge in [0.25, 0.3) is 5.60 Å². The van der Waals surface area contributed by atoms with Gasteiger partial charge < -0.3 is 20.1 Å². The summed E-state index contributed by atoms with van der Waals surface area (Å²) in [4.78, 5) is 3.44. The van der Waals surface area contributed by atoms with Crippen LogP contribution in [0.2, 0.25) is 0 Å². The fourth-order valence-electron chi connectivity index (χ4n) is 5.40. The molecule has 2 N–H and O–H groups in total. The van der Waals surface area contributed by atoms with Crippen LogP contribution in [-0.4, -0.2) is 26.3 Å². The van der Waals surface area contributed by atoms with Crippen LogP contribution in [0.3, 0.4) is 0 Å². The first-order valence-corrected chi connectivity index (χ1v) is 16.2. The first-order chi connectivity index (χ1) is 24.1. The molecular weight excluding hydrogens is 660 g/mol. The fourth-order valence-corrected chi connectivity index (χ4v) is 6.22. The number of nitrogens with zero attached hydrogens (tertiary/aromatic N) is 4. The van der Waals surface area contributed by atoms with E-state index in [-0.39, 0.29) is 5.56 Å². The van der Waals surface area contributed by atoms with Crippen LogP contribution in [0.1, 0.15) is 26.4 Å². The van der Waals surface area contributed by atoms with Crippen molar-refractivity contribution in [1.29, 1.82) is 15.8 Å². The second kappa shape index (κ2) is 15.4. The summed E-state index contributed by atoms with van der Waals surface area (Å²) in [7, 11) is 1.95. The van der Waals surface area contributed by atoms with Crippen molar-refractivity contribution in [2.45, 2.75) is 18.4 Å². The number of alkyl halides is 3. The third-order valence-corrected chi connectivity index (χ3v) is 8.92. The van der Waals surface area contributed by atoms with Crippen molar-refractivity contribution < 1.29 is 22.6 Å². The topological polar surface area (TPSA) is 119 Å². The molecule has 1 aliphatic rings. The minimum absolute atomic E-state index is 0.301. The number of thiophene rings is 1. The molecule has 1 aromatic heterocycles. The molecule has 7 nitrogen and oxygen atoms in total.